The Balaban J connectivity index is 2.02. The summed E-state index contributed by atoms with van der Waals surface area (Å²) in [4.78, 5) is 0. The molecular weight excluding hydrogens is 294 g/mol. The van der Waals surface area contributed by atoms with E-state index in [-0.39, 0.29) is 6.04 Å². The molecule has 2 unspecified atom stereocenters. The molecule has 0 saturated carbocycles. The molecule has 0 aliphatic heterocycles. The summed E-state index contributed by atoms with van der Waals surface area (Å²) < 4.78 is 16.3. The standard InChI is InChI=1S/C18H25NO4/c1-5-13-6-8-17(23-13)12(2)19-11-16(20)15-10-14(21-3)7-9-18(15)22-4/h6-10,12,16,19-20H,5,11H2,1-4H3. The van der Waals surface area contributed by atoms with Crippen molar-refractivity contribution < 1.29 is 19.0 Å². The van der Waals surface area contributed by atoms with Crippen LogP contribution in [-0.4, -0.2) is 25.9 Å². The van der Waals surface area contributed by atoms with Crippen LogP contribution in [0.5, 0.6) is 11.5 Å². The summed E-state index contributed by atoms with van der Waals surface area (Å²) in [6.45, 7) is 4.44. The van der Waals surface area contributed by atoms with Crippen molar-refractivity contribution in [1.82, 2.24) is 5.32 Å². The second-order valence-electron chi connectivity index (χ2n) is 5.41. The van der Waals surface area contributed by atoms with E-state index < -0.39 is 6.10 Å². The minimum Gasteiger partial charge on any atom is -0.497 e. The quantitative estimate of drug-likeness (QED) is 0.782. The second-order valence-corrected chi connectivity index (χ2v) is 5.41. The van der Waals surface area contributed by atoms with Crippen molar-refractivity contribution in [3.8, 4) is 11.5 Å². The second kappa shape index (κ2) is 8.04. The highest BCUT2D eigenvalue weighted by Crippen LogP contribution is 2.29. The van der Waals surface area contributed by atoms with Gasteiger partial charge in [-0.1, -0.05) is 6.92 Å². The molecule has 2 N–H and O–H groups in total. The van der Waals surface area contributed by atoms with Gasteiger partial charge >= 0.3 is 0 Å². The number of nitrogens with one attached hydrogen (secondary N) is 1. The van der Waals surface area contributed by atoms with Gasteiger partial charge in [0.15, 0.2) is 0 Å². The van der Waals surface area contributed by atoms with Crippen molar-refractivity contribution in [3.63, 3.8) is 0 Å². The monoisotopic (exact) mass is 319 g/mol. The van der Waals surface area contributed by atoms with Crippen LogP contribution >= 0.6 is 0 Å². The van der Waals surface area contributed by atoms with Gasteiger partial charge in [-0.05, 0) is 37.3 Å². The molecule has 0 bridgehead atoms. The van der Waals surface area contributed by atoms with E-state index in [4.69, 9.17) is 13.9 Å². The smallest absolute Gasteiger partial charge is 0.124 e. The summed E-state index contributed by atoms with van der Waals surface area (Å²) in [7, 11) is 3.18. The fourth-order valence-corrected chi connectivity index (χ4v) is 2.42. The summed E-state index contributed by atoms with van der Waals surface area (Å²) in [5.41, 5.74) is 0.695. The molecule has 0 radical (unpaired) electrons. The topological polar surface area (TPSA) is 63.9 Å². The molecule has 0 aliphatic rings. The number of benzene rings is 1. The summed E-state index contributed by atoms with van der Waals surface area (Å²) in [6.07, 6.45) is 0.166. The third kappa shape index (κ3) is 4.27. The molecular formula is C18H25NO4. The molecule has 2 rings (SSSR count). The molecule has 1 aromatic heterocycles. The Morgan fingerprint density at radius 2 is 1.96 bits per heavy atom. The van der Waals surface area contributed by atoms with E-state index in [0.29, 0.717) is 23.6 Å². The Morgan fingerprint density at radius 3 is 2.57 bits per heavy atom. The van der Waals surface area contributed by atoms with Gasteiger partial charge in [0, 0.05) is 18.5 Å². The Labute approximate surface area is 137 Å². The lowest BCUT2D eigenvalue weighted by atomic mass is 10.1. The highest BCUT2D eigenvalue weighted by Gasteiger charge is 2.17. The molecule has 2 aromatic rings. The number of furan rings is 1. The van der Waals surface area contributed by atoms with Crippen LogP contribution in [0.15, 0.2) is 34.7 Å². The molecule has 126 valence electrons. The van der Waals surface area contributed by atoms with Crippen molar-refractivity contribution in [2.75, 3.05) is 20.8 Å². The Kier molecular flexibility index (Phi) is 6.07. The van der Waals surface area contributed by atoms with Gasteiger partial charge < -0.3 is 24.3 Å². The number of aliphatic hydroxyl groups excluding tert-OH is 1. The van der Waals surface area contributed by atoms with E-state index in [2.05, 4.69) is 12.2 Å². The van der Waals surface area contributed by atoms with Gasteiger partial charge in [0.1, 0.15) is 23.0 Å². The zero-order valence-corrected chi connectivity index (χ0v) is 14.1. The van der Waals surface area contributed by atoms with Crippen LogP contribution in [0.1, 0.15) is 43.1 Å². The Morgan fingerprint density at radius 1 is 1.17 bits per heavy atom. The first kappa shape index (κ1) is 17.4. The minimum atomic E-state index is -0.705. The first-order chi connectivity index (χ1) is 11.1. The van der Waals surface area contributed by atoms with Crippen LogP contribution in [0.25, 0.3) is 0 Å². The van der Waals surface area contributed by atoms with E-state index in [9.17, 15) is 5.11 Å². The molecule has 0 amide bonds. The van der Waals surface area contributed by atoms with Crippen molar-refractivity contribution in [2.24, 2.45) is 0 Å². The molecule has 1 aromatic carbocycles. The number of aryl methyl sites for hydroxylation is 1. The maximum Gasteiger partial charge on any atom is 0.124 e. The normalized spacial score (nSPS) is 13.6. The molecule has 0 fully saturated rings. The van der Waals surface area contributed by atoms with Gasteiger partial charge in [0.05, 0.1) is 26.4 Å². The molecule has 5 nitrogen and oxygen atoms in total. The fraction of sp³-hybridized carbons (Fsp3) is 0.444. The lowest BCUT2D eigenvalue weighted by Gasteiger charge is -2.18. The maximum absolute atomic E-state index is 10.5. The number of hydrogen-bond acceptors (Lipinski definition) is 5. The Hall–Kier alpha value is -1.98. The first-order valence-corrected chi connectivity index (χ1v) is 7.81. The minimum absolute atomic E-state index is 0.0153. The van der Waals surface area contributed by atoms with E-state index >= 15 is 0 Å². The molecule has 2 atom stereocenters. The lowest BCUT2D eigenvalue weighted by molar-refractivity contribution is 0.164. The zero-order valence-electron chi connectivity index (χ0n) is 14.1. The predicted octanol–water partition coefficient (Wildman–Crippen LogP) is 3.24. The number of methoxy groups -OCH3 is 2. The average molecular weight is 319 g/mol. The van der Waals surface area contributed by atoms with Gasteiger partial charge in [0.2, 0.25) is 0 Å². The third-order valence-corrected chi connectivity index (χ3v) is 3.87. The lowest BCUT2D eigenvalue weighted by Crippen LogP contribution is -2.24. The number of ether oxygens (including phenoxy) is 2. The maximum atomic E-state index is 10.5. The fourth-order valence-electron chi connectivity index (χ4n) is 2.42. The molecule has 23 heavy (non-hydrogen) atoms. The van der Waals surface area contributed by atoms with Crippen LogP contribution in [-0.2, 0) is 6.42 Å². The number of aliphatic hydroxyl groups is 1. The van der Waals surface area contributed by atoms with E-state index in [0.717, 1.165) is 17.9 Å². The molecule has 0 aliphatic carbocycles. The predicted molar refractivity (Wildman–Crippen MR) is 89.0 cm³/mol. The van der Waals surface area contributed by atoms with Crippen molar-refractivity contribution >= 4 is 0 Å². The SMILES string of the molecule is CCc1ccc(C(C)NCC(O)c2cc(OC)ccc2OC)o1. The largest absolute Gasteiger partial charge is 0.497 e. The van der Waals surface area contributed by atoms with Crippen LogP contribution in [0.3, 0.4) is 0 Å². The van der Waals surface area contributed by atoms with Crippen LogP contribution in [0, 0.1) is 0 Å². The van der Waals surface area contributed by atoms with Crippen LogP contribution in [0.2, 0.25) is 0 Å². The number of hydrogen-bond donors (Lipinski definition) is 2. The summed E-state index contributed by atoms with van der Waals surface area (Å²) in [5.74, 6) is 3.15. The van der Waals surface area contributed by atoms with E-state index in [1.54, 1.807) is 32.4 Å². The van der Waals surface area contributed by atoms with E-state index in [1.165, 1.54) is 0 Å². The highest BCUT2D eigenvalue weighted by molar-refractivity contribution is 5.41. The summed E-state index contributed by atoms with van der Waals surface area (Å²) in [5, 5.41) is 13.8. The number of rotatable bonds is 8. The van der Waals surface area contributed by atoms with Gasteiger partial charge in [-0.2, -0.15) is 0 Å². The van der Waals surface area contributed by atoms with Crippen LogP contribution in [0.4, 0.5) is 0 Å². The molecule has 5 heteroatoms. The van der Waals surface area contributed by atoms with Crippen LogP contribution < -0.4 is 14.8 Å². The van der Waals surface area contributed by atoms with Crippen molar-refractivity contribution in [1.29, 1.82) is 0 Å². The highest BCUT2D eigenvalue weighted by atomic mass is 16.5. The molecule has 1 heterocycles. The molecule has 0 spiro atoms. The van der Waals surface area contributed by atoms with Crippen molar-refractivity contribution in [3.05, 3.63) is 47.4 Å². The average Bonchev–Trinajstić information content (AvgIpc) is 3.08. The van der Waals surface area contributed by atoms with Gasteiger partial charge in [-0.25, -0.2) is 0 Å². The Bertz CT molecular complexity index is 623. The first-order valence-electron chi connectivity index (χ1n) is 7.81. The van der Waals surface area contributed by atoms with E-state index in [1.807, 2.05) is 19.1 Å². The molecule has 0 saturated heterocycles. The van der Waals surface area contributed by atoms with Gasteiger partial charge in [0.25, 0.3) is 0 Å². The zero-order chi connectivity index (χ0) is 16.8. The summed E-state index contributed by atoms with van der Waals surface area (Å²) in [6, 6.07) is 9.35. The van der Waals surface area contributed by atoms with Crippen molar-refractivity contribution in [2.45, 2.75) is 32.4 Å². The van der Waals surface area contributed by atoms with Gasteiger partial charge in [-0.15, -0.1) is 0 Å². The summed E-state index contributed by atoms with van der Waals surface area (Å²) >= 11 is 0. The third-order valence-electron chi connectivity index (χ3n) is 3.87. The van der Waals surface area contributed by atoms with Gasteiger partial charge in [-0.3, -0.25) is 0 Å².